The predicted molar refractivity (Wildman–Crippen MR) is 66.6 cm³/mol. The lowest BCUT2D eigenvalue weighted by atomic mass is 9.97. The smallest absolute Gasteiger partial charge is 0.379 e. The van der Waals surface area contributed by atoms with Gasteiger partial charge in [-0.15, -0.1) is 0 Å². The number of alkyl halides is 3. The molecule has 1 unspecified atom stereocenters. The third kappa shape index (κ3) is 4.84. The zero-order valence-corrected chi connectivity index (χ0v) is 10.9. The van der Waals surface area contributed by atoms with Crippen molar-refractivity contribution in [2.45, 2.75) is 44.6 Å². The molecule has 0 aliphatic rings. The van der Waals surface area contributed by atoms with Crippen LogP contribution in [0.15, 0.2) is 30.3 Å². The highest BCUT2D eigenvalue weighted by atomic mass is 19.4. The summed E-state index contributed by atoms with van der Waals surface area (Å²) in [5.41, 5.74) is -1.97. The lowest BCUT2D eigenvalue weighted by molar-refractivity contribution is -0.278. The van der Waals surface area contributed by atoms with Crippen molar-refractivity contribution in [3.63, 3.8) is 0 Å². The van der Waals surface area contributed by atoms with Gasteiger partial charge in [0.2, 0.25) is 0 Å². The van der Waals surface area contributed by atoms with Crippen LogP contribution in [0, 0.1) is 0 Å². The van der Waals surface area contributed by atoms with Gasteiger partial charge in [-0.25, -0.2) is 0 Å². The Balaban J connectivity index is 2.54. The Morgan fingerprint density at radius 1 is 1.16 bits per heavy atom. The maximum Gasteiger partial charge on any atom is 0.419 e. The lowest BCUT2D eigenvalue weighted by Crippen LogP contribution is -2.49. The Bertz CT molecular complexity index is 365. The first-order valence-electron chi connectivity index (χ1n) is 6.30. The van der Waals surface area contributed by atoms with Crippen LogP contribution in [0.4, 0.5) is 13.2 Å². The monoisotopic (exact) mass is 276 g/mol. The third-order valence-corrected chi connectivity index (χ3v) is 2.92. The number of hydrogen-bond acceptors (Lipinski definition) is 2. The van der Waals surface area contributed by atoms with Crippen molar-refractivity contribution in [3.05, 3.63) is 35.9 Å². The Hall–Kier alpha value is -1.07. The van der Waals surface area contributed by atoms with Crippen LogP contribution in [0.2, 0.25) is 0 Å². The first kappa shape index (κ1) is 16.0. The van der Waals surface area contributed by atoms with Crippen LogP contribution in [0.3, 0.4) is 0 Å². The van der Waals surface area contributed by atoms with Crippen LogP contribution in [0.1, 0.15) is 31.7 Å². The average molecular weight is 276 g/mol. The fourth-order valence-corrected chi connectivity index (χ4v) is 1.68. The molecule has 0 saturated heterocycles. The highest BCUT2D eigenvalue weighted by Gasteiger charge is 2.53. The summed E-state index contributed by atoms with van der Waals surface area (Å²) in [7, 11) is 0. The SMILES string of the molecule is CCCCC(O)(COCc1ccccc1)C(F)(F)F. The Morgan fingerprint density at radius 2 is 1.79 bits per heavy atom. The first-order valence-corrected chi connectivity index (χ1v) is 6.30. The Kier molecular flexibility index (Phi) is 5.82. The summed E-state index contributed by atoms with van der Waals surface area (Å²) in [5.74, 6) is 0. The fraction of sp³-hybridized carbons (Fsp3) is 0.571. The molecule has 1 atom stereocenters. The maximum absolute atomic E-state index is 12.8. The van der Waals surface area contributed by atoms with Crippen LogP contribution >= 0.6 is 0 Å². The van der Waals surface area contributed by atoms with Crippen molar-refractivity contribution in [3.8, 4) is 0 Å². The molecule has 0 spiro atoms. The summed E-state index contributed by atoms with van der Waals surface area (Å²) in [4.78, 5) is 0. The molecule has 1 rings (SSSR count). The second-order valence-corrected chi connectivity index (χ2v) is 4.61. The predicted octanol–water partition coefficient (Wildman–Crippen LogP) is 3.69. The van der Waals surface area contributed by atoms with Gasteiger partial charge in [0.1, 0.15) is 0 Å². The van der Waals surface area contributed by atoms with E-state index in [4.69, 9.17) is 4.74 Å². The molecule has 0 aliphatic carbocycles. The molecule has 0 bridgehead atoms. The van der Waals surface area contributed by atoms with Gasteiger partial charge in [0.05, 0.1) is 13.2 Å². The van der Waals surface area contributed by atoms with E-state index in [0.717, 1.165) is 5.56 Å². The van der Waals surface area contributed by atoms with Crippen molar-refractivity contribution in [2.24, 2.45) is 0 Å². The van der Waals surface area contributed by atoms with Crippen LogP contribution in [-0.4, -0.2) is 23.5 Å². The molecule has 0 amide bonds. The molecular formula is C14H19F3O2. The molecule has 1 N–H and O–H groups in total. The second-order valence-electron chi connectivity index (χ2n) is 4.61. The number of rotatable bonds is 7. The van der Waals surface area contributed by atoms with Gasteiger partial charge >= 0.3 is 6.18 Å². The van der Waals surface area contributed by atoms with E-state index >= 15 is 0 Å². The molecule has 0 aromatic heterocycles. The summed E-state index contributed by atoms with van der Waals surface area (Å²) in [6, 6.07) is 8.91. The normalized spacial score (nSPS) is 15.2. The van der Waals surface area contributed by atoms with Crippen LogP contribution in [0.25, 0.3) is 0 Å². The van der Waals surface area contributed by atoms with E-state index in [1.54, 1.807) is 31.2 Å². The topological polar surface area (TPSA) is 29.5 Å². The zero-order chi connectivity index (χ0) is 14.4. The molecule has 0 heterocycles. The molecule has 5 heteroatoms. The van der Waals surface area contributed by atoms with Crippen molar-refractivity contribution < 1.29 is 23.0 Å². The summed E-state index contributed by atoms with van der Waals surface area (Å²) in [5, 5.41) is 9.71. The molecule has 0 radical (unpaired) electrons. The number of hydrogen-bond donors (Lipinski definition) is 1. The van der Waals surface area contributed by atoms with Gasteiger partial charge in [-0.1, -0.05) is 50.1 Å². The largest absolute Gasteiger partial charge is 0.419 e. The highest BCUT2D eigenvalue weighted by molar-refractivity contribution is 5.13. The van der Waals surface area contributed by atoms with Crippen LogP contribution in [0.5, 0.6) is 0 Å². The number of benzene rings is 1. The minimum absolute atomic E-state index is 0.0609. The van der Waals surface area contributed by atoms with Crippen LogP contribution < -0.4 is 0 Å². The number of aliphatic hydroxyl groups is 1. The summed E-state index contributed by atoms with van der Waals surface area (Å²) >= 11 is 0. The summed E-state index contributed by atoms with van der Waals surface area (Å²) in [6.07, 6.45) is -4.09. The van der Waals surface area contributed by atoms with Gasteiger partial charge in [-0.2, -0.15) is 13.2 Å². The van der Waals surface area contributed by atoms with E-state index in [1.165, 1.54) is 0 Å². The van der Waals surface area contributed by atoms with Crippen molar-refractivity contribution >= 4 is 0 Å². The van der Waals surface area contributed by atoms with Gasteiger partial charge in [0, 0.05) is 0 Å². The van der Waals surface area contributed by atoms with E-state index in [0.29, 0.717) is 12.8 Å². The third-order valence-electron chi connectivity index (χ3n) is 2.92. The molecule has 0 fully saturated rings. The quantitative estimate of drug-likeness (QED) is 0.823. The molecule has 2 nitrogen and oxygen atoms in total. The zero-order valence-electron chi connectivity index (χ0n) is 10.9. The fourth-order valence-electron chi connectivity index (χ4n) is 1.68. The van der Waals surface area contributed by atoms with Crippen molar-refractivity contribution in [1.29, 1.82) is 0 Å². The van der Waals surface area contributed by atoms with Gasteiger partial charge in [-0.05, 0) is 12.0 Å². The lowest BCUT2D eigenvalue weighted by Gasteiger charge is -2.30. The van der Waals surface area contributed by atoms with Gasteiger partial charge < -0.3 is 9.84 Å². The van der Waals surface area contributed by atoms with Gasteiger partial charge in [0.15, 0.2) is 5.60 Å². The van der Waals surface area contributed by atoms with Gasteiger partial charge in [0.25, 0.3) is 0 Å². The first-order chi connectivity index (χ1) is 8.89. The van der Waals surface area contributed by atoms with Crippen LogP contribution in [-0.2, 0) is 11.3 Å². The minimum Gasteiger partial charge on any atom is -0.379 e. The van der Waals surface area contributed by atoms with E-state index in [9.17, 15) is 18.3 Å². The Labute approximate surface area is 111 Å². The van der Waals surface area contributed by atoms with Crippen molar-refractivity contribution in [1.82, 2.24) is 0 Å². The summed E-state index contributed by atoms with van der Waals surface area (Å²) in [6.45, 7) is 1.11. The van der Waals surface area contributed by atoms with E-state index in [2.05, 4.69) is 0 Å². The van der Waals surface area contributed by atoms with E-state index < -0.39 is 18.4 Å². The van der Waals surface area contributed by atoms with E-state index in [1.807, 2.05) is 6.07 Å². The molecule has 1 aromatic rings. The van der Waals surface area contributed by atoms with Gasteiger partial charge in [-0.3, -0.25) is 0 Å². The number of halogens is 3. The summed E-state index contributed by atoms with van der Waals surface area (Å²) < 4.78 is 43.5. The van der Waals surface area contributed by atoms with Crippen molar-refractivity contribution in [2.75, 3.05) is 6.61 Å². The minimum atomic E-state index is -4.67. The molecule has 0 aliphatic heterocycles. The molecular weight excluding hydrogens is 257 g/mol. The number of ether oxygens (including phenoxy) is 1. The molecule has 0 saturated carbocycles. The highest BCUT2D eigenvalue weighted by Crippen LogP contribution is 2.34. The van der Waals surface area contributed by atoms with E-state index in [-0.39, 0.29) is 13.0 Å². The maximum atomic E-state index is 12.8. The molecule has 1 aromatic carbocycles. The number of unbranched alkanes of at least 4 members (excludes halogenated alkanes) is 1. The average Bonchev–Trinajstić information content (AvgIpc) is 2.36. The standard InChI is InChI=1S/C14H19F3O2/c1-2-3-9-13(18,14(15,16)17)11-19-10-12-7-5-4-6-8-12/h4-8,18H,2-3,9-11H2,1H3. The Morgan fingerprint density at radius 3 is 2.32 bits per heavy atom. The molecule has 19 heavy (non-hydrogen) atoms. The second kappa shape index (κ2) is 6.91. The molecule has 108 valence electrons.